The summed E-state index contributed by atoms with van der Waals surface area (Å²) in [5, 5.41) is 21.0. The number of carbonyl (C=O) groups excluding carboxylic acids is 3. The largest absolute Gasteiger partial charge is 0.498 e. The average molecular weight is 1860 g/mol. The van der Waals surface area contributed by atoms with Crippen molar-refractivity contribution >= 4 is 122 Å². The summed E-state index contributed by atoms with van der Waals surface area (Å²) in [6.07, 6.45) is 15.9. The first-order chi connectivity index (χ1) is 60.1. The summed E-state index contributed by atoms with van der Waals surface area (Å²) in [6.45, 7) is 18.8. The Kier molecular flexibility index (Phi) is 28.0. The Labute approximate surface area is 759 Å². The molecule has 0 unspecified atom stereocenters. The van der Waals surface area contributed by atoms with Crippen LogP contribution in [0.25, 0.3) is 67.1 Å². The van der Waals surface area contributed by atoms with Gasteiger partial charge in [0.05, 0.1) is 102 Å². The van der Waals surface area contributed by atoms with Crippen molar-refractivity contribution < 1.29 is 79.4 Å². The van der Waals surface area contributed by atoms with E-state index < -0.39 is 36.6 Å². The number of ether oxygens (including phenoxy) is 7. The monoisotopic (exact) mass is 1860 g/mol. The molecule has 658 valence electrons. The fourth-order valence-corrected chi connectivity index (χ4v) is 16.2. The number of halogens is 3. The molecule has 7 aliphatic rings. The molecule has 126 heavy (non-hydrogen) atoms. The number of carbonyl (C=O) groups is 3. The molecule has 25 nitrogen and oxygen atoms in total. The second kappa shape index (κ2) is 38.4. The van der Waals surface area contributed by atoms with Gasteiger partial charge >= 0.3 is 14.2 Å². The lowest BCUT2D eigenvalue weighted by Crippen LogP contribution is -2.41. The van der Waals surface area contributed by atoms with E-state index in [1.165, 1.54) is 27.5 Å². The molecule has 30 heteroatoms. The maximum atomic E-state index is 12.5. The number of hydrogen-bond donors (Lipinski definition) is 0. The number of pyridine rings is 3. The highest BCUT2D eigenvalue weighted by Gasteiger charge is 2.54. The zero-order valence-corrected chi connectivity index (χ0v) is 77.9. The van der Waals surface area contributed by atoms with Gasteiger partial charge in [0, 0.05) is 132 Å². The summed E-state index contributed by atoms with van der Waals surface area (Å²) in [7, 11) is 14.0. The van der Waals surface area contributed by atoms with Crippen molar-refractivity contribution in [2.45, 2.75) is 172 Å². The Hall–Kier alpha value is -10.2. The van der Waals surface area contributed by atoms with Gasteiger partial charge in [-0.3, -0.25) is 29.3 Å². The Morgan fingerprint density at radius 2 is 0.881 bits per heavy atom. The number of nitrogens with zero attached hydrogens (tertiary/aromatic N) is 8. The molecule has 0 radical (unpaired) electrons. The number of fused-ring (bicyclic) bond motifs is 3. The van der Waals surface area contributed by atoms with Crippen LogP contribution < -0.4 is 34.6 Å². The lowest BCUT2D eigenvalue weighted by atomic mass is 9.78. The summed E-state index contributed by atoms with van der Waals surface area (Å²) < 4.78 is 82.8. The molecule has 7 fully saturated rings. The van der Waals surface area contributed by atoms with E-state index in [2.05, 4.69) is 55.7 Å². The van der Waals surface area contributed by atoms with E-state index in [1.807, 2.05) is 128 Å². The van der Waals surface area contributed by atoms with Gasteiger partial charge in [-0.1, -0.05) is 35.3 Å². The Balaban J connectivity index is 0.000000133. The normalized spacial score (nSPS) is 17.3. The molecule has 4 aliphatic heterocycles. The number of amides is 3. The fraction of sp³-hybridized carbons (Fsp3) is 0.417. The fourth-order valence-electron chi connectivity index (χ4n) is 15.0. The maximum absolute atomic E-state index is 12.5. The van der Waals surface area contributed by atoms with Crippen LogP contribution in [0, 0.1) is 26.4 Å². The van der Waals surface area contributed by atoms with E-state index in [4.69, 9.17) is 88.2 Å². The third-order valence-corrected chi connectivity index (χ3v) is 25.5. The van der Waals surface area contributed by atoms with Crippen molar-refractivity contribution in [3.05, 3.63) is 186 Å². The van der Waals surface area contributed by atoms with Gasteiger partial charge in [-0.15, -0.1) is 0 Å². The molecule has 10 heterocycles. The highest BCUT2D eigenvalue weighted by atomic mass is 127. The third-order valence-electron chi connectivity index (χ3n) is 24.2. The summed E-state index contributed by atoms with van der Waals surface area (Å²) in [5.41, 5.74) is 13.4. The highest BCUT2D eigenvalue weighted by molar-refractivity contribution is 14.1. The first-order valence-corrected chi connectivity index (χ1v) is 44.2. The van der Waals surface area contributed by atoms with E-state index in [-0.39, 0.29) is 29.9 Å². The van der Waals surface area contributed by atoms with Gasteiger partial charge < -0.3 is 79.7 Å². The van der Waals surface area contributed by atoms with Gasteiger partial charge in [-0.25, -0.2) is 0 Å². The Bertz CT molecular complexity index is 5940. The summed E-state index contributed by atoms with van der Waals surface area (Å²) >= 11 is 14.9. The van der Waals surface area contributed by atoms with Crippen LogP contribution in [-0.4, -0.2) is 186 Å². The molecule has 0 N–H and O–H groups in total. The predicted molar refractivity (Wildman–Crippen MR) is 493 cm³/mol. The van der Waals surface area contributed by atoms with E-state index in [0.29, 0.717) is 139 Å². The molecular weight excluding hydrogens is 1760 g/mol. The molecule has 0 spiro atoms. The number of nitriles is 2. The van der Waals surface area contributed by atoms with Gasteiger partial charge in [-0.2, -0.15) is 10.5 Å². The molecule has 3 amide bonds. The Morgan fingerprint density at radius 1 is 0.452 bits per heavy atom. The van der Waals surface area contributed by atoms with Crippen LogP contribution >= 0.6 is 45.8 Å². The smallest absolute Gasteiger partial charge is 0.497 e. The molecule has 0 atom stereocenters. The van der Waals surface area contributed by atoms with Crippen molar-refractivity contribution in [1.82, 2.24) is 29.7 Å². The second-order valence-corrected chi connectivity index (χ2v) is 36.8. The number of methoxy groups -OCH3 is 3. The van der Waals surface area contributed by atoms with Crippen LogP contribution in [0.2, 0.25) is 10.0 Å². The summed E-state index contributed by atoms with van der Waals surface area (Å²) in [6, 6.07) is 37.7. The van der Waals surface area contributed by atoms with Gasteiger partial charge in [0.25, 0.3) is 17.7 Å². The van der Waals surface area contributed by atoms with Crippen molar-refractivity contribution in [3.8, 4) is 74.7 Å². The third kappa shape index (κ3) is 20.3. The summed E-state index contributed by atoms with van der Waals surface area (Å²) in [4.78, 5) is 54.7. The van der Waals surface area contributed by atoms with E-state index in [9.17, 15) is 24.9 Å². The maximum Gasteiger partial charge on any atom is 0.498 e. The zero-order chi connectivity index (χ0) is 90.0. The molecule has 18 rings (SSSR count). The zero-order valence-electron chi connectivity index (χ0n) is 74.2. The lowest BCUT2D eigenvalue weighted by Gasteiger charge is -2.32. The van der Waals surface area contributed by atoms with Gasteiger partial charge in [0.15, 0.2) is 20.5 Å². The topological polar surface area (TPSA) is 288 Å². The number of aromatic nitrogens is 3. The average Bonchev–Trinajstić information content (AvgIpc) is 1.59. The van der Waals surface area contributed by atoms with Crippen molar-refractivity contribution in [1.29, 1.82) is 10.5 Å². The standard InChI is InChI=1S/C32H31N3O5.C20H19ClN2O3.C18H24BNO4.C16H24BNO4.C10H7ClINO/c1-35(2)32(36)20-6-7-25(28(16-20)37-3)29-17-27-31(40-29)24(8-11-34-27)21-14-22(18-33)30(26(15-21)19-4-5-19)39-23-9-12-38-13-10-23;1-23(2)20(24)12-6-7-13(16(8-12)25-3)17-9-15-19(26-17)18(21)14(10-22-15)11-4-5-11;1-17(2)18(3,4)24-19(23-17)14-5-6-16(13(11-14)12-20)22-15-7-9-21-10-8-15;1-15(2)16(3,4)22-17(21-15)12-9-8-11(10-13(12)20-7)14(19)18(5)6;11-9-6(5-1-2-5)4-13-7-3-8(12)14-10(7)9/h6-8,11,14-17,19,23H,4-5,9-10,12-13H2,1-3H3;6-11H,4-5H2,1-3H3;5-6,11,15H,7-10H2,1-4H3;8-10H,1-7H3;3-5H,1-2H2. The van der Waals surface area contributed by atoms with Crippen LogP contribution in [-0.2, 0) is 28.1 Å². The minimum Gasteiger partial charge on any atom is -0.497 e. The molecular formula is C96H105B2Cl2IN8O17. The molecule has 4 saturated heterocycles. The highest BCUT2D eigenvalue weighted by Crippen LogP contribution is 2.51. The van der Waals surface area contributed by atoms with Gasteiger partial charge in [0.1, 0.15) is 81.2 Å². The van der Waals surface area contributed by atoms with Gasteiger partial charge in [-0.05, 0) is 241 Å². The molecule has 0 bridgehead atoms. The first-order valence-electron chi connectivity index (χ1n) is 42.3. The quantitative estimate of drug-likeness (QED) is 0.0569. The van der Waals surface area contributed by atoms with Crippen LogP contribution in [0.3, 0.4) is 0 Å². The van der Waals surface area contributed by atoms with E-state index >= 15 is 0 Å². The Morgan fingerprint density at radius 3 is 1.35 bits per heavy atom. The van der Waals surface area contributed by atoms with Crippen LogP contribution in [0.1, 0.15) is 196 Å². The molecule has 3 saturated carbocycles. The van der Waals surface area contributed by atoms with E-state index in [0.717, 1.165) is 121 Å². The lowest BCUT2D eigenvalue weighted by molar-refractivity contribution is 0.00578. The number of hydrogen-bond acceptors (Lipinski definition) is 22. The number of rotatable bonds is 18. The predicted octanol–water partition coefficient (Wildman–Crippen LogP) is 19.0. The minimum absolute atomic E-state index is 0.0545. The van der Waals surface area contributed by atoms with Crippen molar-refractivity contribution in [2.24, 2.45) is 0 Å². The number of furan rings is 3. The molecule has 3 aliphatic carbocycles. The van der Waals surface area contributed by atoms with E-state index in [1.54, 1.807) is 112 Å². The SMILES string of the molecule is CC1(C)OB(c2ccc(OC3CCOCC3)c(C#N)c2)OC1(C)C.COc1cc(C(=O)N(C)C)ccc1-c1cc2ncc(C3CC3)c(Cl)c2o1.COc1cc(C(=O)N(C)C)ccc1-c1cc2nccc(-c3cc(C#N)c(OC4CCOCC4)c(C4CC4)c3)c2o1.COc1cc(C(=O)N(C)C)ccc1B1OC(C)(C)C(C)(C)O1.Clc1c(C2CC2)cnc2cc(I)oc12. The molecule has 6 aromatic heterocycles. The van der Waals surface area contributed by atoms with Crippen LogP contribution in [0.5, 0.6) is 28.7 Å². The van der Waals surface area contributed by atoms with Crippen LogP contribution in [0.15, 0.2) is 141 Å². The minimum atomic E-state index is -0.511. The van der Waals surface area contributed by atoms with Crippen LogP contribution in [0.4, 0.5) is 0 Å². The first kappa shape index (κ1) is 92.0. The van der Waals surface area contributed by atoms with Crippen molar-refractivity contribution in [3.63, 3.8) is 0 Å². The van der Waals surface area contributed by atoms with Crippen molar-refractivity contribution in [2.75, 3.05) is 90.0 Å². The molecule has 5 aromatic carbocycles. The van der Waals surface area contributed by atoms with Gasteiger partial charge in [0.2, 0.25) is 0 Å². The molecule has 11 aromatic rings. The number of benzene rings is 5. The summed E-state index contributed by atoms with van der Waals surface area (Å²) in [5.74, 6) is 5.44. The second-order valence-electron chi connectivity index (χ2n) is 35.0.